The van der Waals surface area contributed by atoms with Crippen molar-refractivity contribution in [3.8, 4) is 0 Å². The van der Waals surface area contributed by atoms with Gasteiger partial charge in [0.2, 0.25) is 5.95 Å². The number of anilines is 1. The number of aliphatic imine (C=N–C) groups is 1. The second-order valence-electron chi connectivity index (χ2n) is 7.44. The summed E-state index contributed by atoms with van der Waals surface area (Å²) in [5, 5.41) is 6.99. The third-order valence-corrected chi connectivity index (χ3v) is 5.95. The Balaban J connectivity index is 1.33. The Morgan fingerprint density at radius 2 is 1.88 bits per heavy atom. The van der Waals surface area contributed by atoms with Crippen LogP contribution in [0.25, 0.3) is 0 Å². The molecule has 0 unspecified atom stereocenters. The van der Waals surface area contributed by atoms with E-state index in [4.69, 9.17) is 0 Å². The molecule has 0 spiro atoms. The molecule has 1 saturated carbocycles. The lowest BCUT2D eigenvalue weighted by Crippen LogP contribution is -2.50. The van der Waals surface area contributed by atoms with Crippen LogP contribution in [0.15, 0.2) is 23.5 Å². The Kier molecular flexibility index (Phi) is 6.66. The summed E-state index contributed by atoms with van der Waals surface area (Å²) in [7, 11) is 1.85. The number of guanidine groups is 1. The zero-order chi connectivity index (χ0) is 18.2. The quantitative estimate of drug-likeness (QED) is 0.566. The smallest absolute Gasteiger partial charge is 0.225 e. The summed E-state index contributed by atoms with van der Waals surface area (Å²) < 4.78 is 0. The molecule has 1 aliphatic carbocycles. The number of nitrogens with one attached hydrogen (secondary N) is 2. The molecule has 0 radical (unpaired) electrons. The van der Waals surface area contributed by atoms with Crippen LogP contribution in [-0.2, 0) is 0 Å². The zero-order valence-electron chi connectivity index (χ0n) is 16.2. The first-order valence-electron chi connectivity index (χ1n) is 9.93. The molecule has 3 rings (SSSR count). The molecule has 0 aromatic carbocycles. The lowest BCUT2D eigenvalue weighted by atomic mass is 9.67. The average Bonchev–Trinajstić information content (AvgIpc) is 2.67. The Labute approximate surface area is 157 Å². The second kappa shape index (κ2) is 9.16. The van der Waals surface area contributed by atoms with E-state index in [0.29, 0.717) is 5.41 Å². The summed E-state index contributed by atoms with van der Waals surface area (Å²) in [4.78, 5) is 17.8. The van der Waals surface area contributed by atoms with Crippen LogP contribution in [0, 0.1) is 5.41 Å². The molecule has 0 amide bonds. The highest BCUT2D eigenvalue weighted by molar-refractivity contribution is 5.79. The number of piperazine rings is 1. The van der Waals surface area contributed by atoms with Crippen molar-refractivity contribution in [3.63, 3.8) is 0 Å². The van der Waals surface area contributed by atoms with Gasteiger partial charge in [-0.15, -0.1) is 0 Å². The minimum Gasteiger partial charge on any atom is -0.356 e. The Bertz CT molecular complexity index is 557. The molecule has 1 aliphatic heterocycles. The second-order valence-corrected chi connectivity index (χ2v) is 7.44. The van der Waals surface area contributed by atoms with E-state index in [9.17, 15) is 0 Å². The average molecular weight is 360 g/mol. The molecule has 1 saturated heterocycles. The standard InChI is InChI=1S/C19H33N7/c1-3-19(6-4-7-19)16-24-17(20-2)21-10-11-25-12-14-26(15-13-25)18-22-8-5-9-23-18/h5,8-9H,3-4,6-7,10-16H2,1-2H3,(H2,20,21,24). The van der Waals surface area contributed by atoms with E-state index in [-0.39, 0.29) is 0 Å². The highest BCUT2D eigenvalue weighted by atomic mass is 15.3. The lowest BCUT2D eigenvalue weighted by Gasteiger charge is -2.41. The van der Waals surface area contributed by atoms with Crippen LogP contribution in [-0.4, -0.2) is 73.7 Å². The van der Waals surface area contributed by atoms with Crippen LogP contribution in [0.4, 0.5) is 5.95 Å². The van der Waals surface area contributed by atoms with Crippen molar-refractivity contribution in [2.45, 2.75) is 32.6 Å². The fraction of sp³-hybridized carbons (Fsp3) is 0.737. The minimum atomic E-state index is 0.507. The van der Waals surface area contributed by atoms with E-state index in [0.717, 1.165) is 57.7 Å². The van der Waals surface area contributed by atoms with Gasteiger partial charge in [0.1, 0.15) is 0 Å². The lowest BCUT2D eigenvalue weighted by molar-refractivity contribution is 0.131. The van der Waals surface area contributed by atoms with E-state index in [1.165, 1.54) is 25.7 Å². The third kappa shape index (κ3) is 4.84. The summed E-state index contributed by atoms with van der Waals surface area (Å²) in [5.74, 6) is 1.77. The van der Waals surface area contributed by atoms with Gasteiger partial charge in [0.05, 0.1) is 0 Å². The van der Waals surface area contributed by atoms with Gasteiger partial charge in [-0.1, -0.05) is 13.3 Å². The molecule has 7 heteroatoms. The van der Waals surface area contributed by atoms with E-state index in [1.807, 2.05) is 25.5 Å². The van der Waals surface area contributed by atoms with Gasteiger partial charge >= 0.3 is 0 Å². The molecule has 1 aromatic rings. The summed E-state index contributed by atoms with van der Waals surface area (Å²) in [6.45, 7) is 9.35. The molecule has 2 N–H and O–H groups in total. The van der Waals surface area contributed by atoms with Crippen LogP contribution < -0.4 is 15.5 Å². The van der Waals surface area contributed by atoms with Crippen molar-refractivity contribution >= 4 is 11.9 Å². The Hall–Kier alpha value is -1.89. The van der Waals surface area contributed by atoms with Gasteiger partial charge in [-0.2, -0.15) is 0 Å². The largest absolute Gasteiger partial charge is 0.356 e. The summed E-state index contributed by atoms with van der Waals surface area (Å²) in [5.41, 5.74) is 0.507. The molecule has 26 heavy (non-hydrogen) atoms. The molecule has 0 bridgehead atoms. The molecule has 2 heterocycles. The molecule has 144 valence electrons. The third-order valence-electron chi connectivity index (χ3n) is 5.95. The first-order valence-corrected chi connectivity index (χ1v) is 9.93. The van der Waals surface area contributed by atoms with Crippen molar-refractivity contribution in [3.05, 3.63) is 18.5 Å². The first-order chi connectivity index (χ1) is 12.7. The van der Waals surface area contributed by atoms with Crippen molar-refractivity contribution in [1.82, 2.24) is 25.5 Å². The maximum atomic E-state index is 4.37. The van der Waals surface area contributed by atoms with E-state index >= 15 is 0 Å². The highest BCUT2D eigenvalue weighted by Gasteiger charge is 2.34. The zero-order valence-corrected chi connectivity index (χ0v) is 16.2. The number of nitrogens with zero attached hydrogens (tertiary/aromatic N) is 5. The van der Waals surface area contributed by atoms with Gasteiger partial charge in [-0.3, -0.25) is 9.89 Å². The Morgan fingerprint density at radius 1 is 1.15 bits per heavy atom. The number of aromatic nitrogens is 2. The summed E-state index contributed by atoms with van der Waals surface area (Å²) >= 11 is 0. The monoisotopic (exact) mass is 359 g/mol. The van der Waals surface area contributed by atoms with Crippen LogP contribution in [0.2, 0.25) is 0 Å². The maximum Gasteiger partial charge on any atom is 0.225 e. The highest BCUT2D eigenvalue weighted by Crippen LogP contribution is 2.42. The van der Waals surface area contributed by atoms with Gasteiger partial charge in [-0.05, 0) is 30.7 Å². The first kappa shape index (κ1) is 18.9. The molecule has 2 fully saturated rings. The predicted octanol–water partition coefficient (Wildman–Crippen LogP) is 1.34. The minimum absolute atomic E-state index is 0.507. The number of rotatable bonds is 7. The van der Waals surface area contributed by atoms with Crippen LogP contribution in [0.5, 0.6) is 0 Å². The molecule has 7 nitrogen and oxygen atoms in total. The molecular weight excluding hydrogens is 326 g/mol. The predicted molar refractivity (Wildman–Crippen MR) is 107 cm³/mol. The SMILES string of the molecule is CCC1(CNC(=NC)NCCN2CCN(c3ncccn3)CC2)CCC1. The van der Waals surface area contributed by atoms with Crippen molar-refractivity contribution in [2.24, 2.45) is 10.4 Å². The van der Waals surface area contributed by atoms with Crippen LogP contribution in [0.3, 0.4) is 0 Å². The molecule has 1 aromatic heterocycles. The Morgan fingerprint density at radius 3 is 2.46 bits per heavy atom. The van der Waals surface area contributed by atoms with Crippen molar-refractivity contribution in [1.29, 1.82) is 0 Å². The van der Waals surface area contributed by atoms with Crippen LogP contribution >= 0.6 is 0 Å². The summed E-state index contributed by atoms with van der Waals surface area (Å²) in [6, 6.07) is 1.86. The molecule has 2 aliphatic rings. The number of hydrogen-bond donors (Lipinski definition) is 2. The maximum absolute atomic E-state index is 4.37. The van der Waals surface area contributed by atoms with Gasteiger partial charge in [0, 0.05) is 65.3 Å². The topological polar surface area (TPSA) is 68.7 Å². The van der Waals surface area contributed by atoms with Gasteiger partial charge in [0.15, 0.2) is 5.96 Å². The number of hydrogen-bond acceptors (Lipinski definition) is 5. The van der Waals surface area contributed by atoms with Gasteiger partial charge in [-0.25, -0.2) is 9.97 Å². The summed E-state index contributed by atoms with van der Waals surface area (Å²) in [6.07, 6.45) is 8.95. The molecular formula is C19H33N7. The van der Waals surface area contributed by atoms with E-state index in [2.05, 4.69) is 42.3 Å². The normalized spacial score (nSPS) is 20.5. The van der Waals surface area contributed by atoms with Crippen molar-refractivity contribution in [2.75, 3.05) is 57.8 Å². The fourth-order valence-electron chi connectivity index (χ4n) is 3.78. The van der Waals surface area contributed by atoms with Crippen molar-refractivity contribution < 1.29 is 0 Å². The van der Waals surface area contributed by atoms with Gasteiger partial charge < -0.3 is 15.5 Å². The van der Waals surface area contributed by atoms with E-state index < -0.39 is 0 Å². The van der Waals surface area contributed by atoms with Gasteiger partial charge in [0.25, 0.3) is 0 Å². The fourth-order valence-corrected chi connectivity index (χ4v) is 3.78. The van der Waals surface area contributed by atoms with Crippen LogP contribution in [0.1, 0.15) is 32.6 Å². The molecule has 0 atom stereocenters. The van der Waals surface area contributed by atoms with E-state index in [1.54, 1.807) is 0 Å².